The molecular weight excluding hydrogens is 400 g/mol. The first-order chi connectivity index (χ1) is 14.1. The van der Waals surface area contributed by atoms with E-state index in [4.69, 9.17) is 4.42 Å². The second-order valence-electron chi connectivity index (χ2n) is 8.41. The second kappa shape index (κ2) is 7.32. The minimum absolute atomic E-state index is 0.0559. The number of hydrogen-bond donors (Lipinski definition) is 1. The van der Waals surface area contributed by atoms with Gasteiger partial charge in [0.1, 0.15) is 0 Å². The molecule has 0 saturated carbocycles. The third-order valence-electron chi connectivity index (χ3n) is 5.24. The van der Waals surface area contributed by atoms with E-state index in [1.54, 1.807) is 41.3 Å². The molecule has 6 nitrogen and oxygen atoms in total. The molecule has 0 unspecified atom stereocenters. The molecule has 0 bridgehead atoms. The van der Waals surface area contributed by atoms with Crippen molar-refractivity contribution in [3.63, 3.8) is 0 Å². The molecule has 2 heterocycles. The Hall–Kier alpha value is -3.06. The summed E-state index contributed by atoms with van der Waals surface area (Å²) in [5.41, 5.74) is 3.10. The van der Waals surface area contributed by atoms with Gasteiger partial charge in [0.15, 0.2) is 5.76 Å². The normalized spacial score (nSPS) is 13.9. The summed E-state index contributed by atoms with van der Waals surface area (Å²) in [6.07, 6.45) is 2.17. The van der Waals surface area contributed by atoms with Crippen LogP contribution in [0.4, 0.5) is 11.4 Å². The number of amides is 1. The Morgan fingerprint density at radius 1 is 1.07 bits per heavy atom. The van der Waals surface area contributed by atoms with Gasteiger partial charge < -0.3 is 9.32 Å². The molecular formula is C23H24N2O4S. The molecule has 0 spiro atoms. The zero-order valence-corrected chi connectivity index (χ0v) is 18.0. The quantitative estimate of drug-likeness (QED) is 0.665. The minimum atomic E-state index is -3.75. The average Bonchev–Trinajstić information content (AvgIpc) is 3.36. The Morgan fingerprint density at radius 2 is 1.80 bits per heavy atom. The molecule has 3 aromatic rings. The zero-order chi connectivity index (χ0) is 21.5. The van der Waals surface area contributed by atoms with Crippen molar-refractivity contribution >= 4 is 27.3 Å². The van der Waals surface area contributed by atoms with Crippen molar-refractivity contribution in [2.75, 3.05) is 16.2 Å². The van der Waals surface area contributed by atoms with E-state index in [1.165, 1.54) is 6.26 Å². The summed E-state index contributed by atoms with van der Waals surface area (Å²) in [6.45, 7) is 6.76. The van der Waals surface area contributed by atoms with E-state index in [0.29, 0.717) is 24.3 Å². The maximum absolute atomic E-state index is 12.9. The number of nitrogens with zero attached hydrogens (tertiary/aromatic N) is 1. The van der Waals surface area contributed by atoms with Crippen LogP contribution >= 0.6 is 0 Å². The lowest BCUT2D eigenvalue weighted by molar-refractivity contribution is 0.0963. The number of furan rings is 1. The van der Waals surface area contributed by atoms with Gasteiger partial charge in [0, 0.05) is 12.2 Å². The highest BCUT2D eigenvalue weighted by Gasteiger charge is 2.28. The zero-order valence-electron chi connectivity index (χ0n) is 17.2. The van der Waals surface area contributed by atoms with Gasteiger partial charge in [-0.15, -0.1) is 0 Å². The summed E-state index contributed by atoms with van der Waals surface area (Å²) in [5.74, 6) is 0.0179. The molecule has 1 amide bonds. The van der Waals surface area contributed by atoms with Crippen molar-refractivity contribution in [1.82, 2.24) is 0 Å². The first-order valence-corrected chi connectivity index (χ1v) is 11.3. The van der Waals surface area contributed by atoms with Crippen LogP contribution in [0.5, 0.6) is 0 Å². The van der Waals surface area contributed by atoms with Crippen LogP contribution in [0, 0.1) is 0 Å². The van der Waals surface area contributed by atoms with Crippen LogP contribution in [0.1, 0.15) is 42.5 Å². The molecule has 156 valence electrons. The average molecular weight is 425 g/mol. The summed E-state index contributed by atoms with van der Waals surface area (Å²) < 4.78 is 33.6. The highest BCUT2D eigenvalue weighted by molar-refractivity contribution is 7.92. The van der Waals surface area contributed by atoms with Crippen LogP contribution in [-0.4, -0.2) is 20.9 Å². The largest absolute Gasteiger partial charge is 0.459 e. The number of fused-ring (bicyclic) bond motifs is 1. The Bertz CT molecular complexity index is 1170. The number of anilines is 2. The topological polar surface area (TPSA) is 79.6 Å². The maximum atomic E-state index is 12.9. The Labute approximate surface area is 176 Å². The van der Waals surface area contributed by atoms with Crippen molar-refractivity contribution in [2.24, 2.45) is 0 Å². The Balaban J connectivity index is 1.59. The third kappa shape index (κ3) is 3.85. The summed E-state index contributed by atoms with van der Waals surface area (Å²) in [5, 5.41) is 0. The number of benzene rings is 2. The van der Waals surface area contributed by atoms with Gasteiger partial charge in [-0.1, -0.05) is 39.0 Å². The SMILES string of the molecule is CC(C)(C)c1ccc(S(=O)(=O)Nc2ccc3c(c2)N(C(=O)c2ccco2)CC3)cc1. The van der Waals surface area contributed by atoms with E-state index in [2.05, 4.69) is 25.5 Å². The molecule has 1 N–H and O–H groups in total. The monoisotopic (exact) mass is 424 g/mol. The number of sulfonamides is 1. The fourth-order valence-corrected chi connectivity index (χ4v) is 4.58. The lowest BCUT2D eigenvalue weighted by Gasteiger charge is -2.19. The summed E-state index contributed by atoms with van der Waals surface area (Å²) in [6, 6.07) is 15.5. The third-order valence-corrected chi connectivity index (χ3v) is 6.64. The van der Waals surface area contributed by atoms with Crippen LogP contribution in [-0.2, 0) is 21.9 Å². The van der Waals surface area contributed by atoms with E-state index < -0.39 is 10.0 Å². The van der Waals surface area contributed by atoms with E-state index in [9.17, 15) is 13.2 Å². The van der Waals surface area contributed by atoms with Crippen LogP contribution < -0.4 is 9.62 Å². The highest BCUT2D eigenvalue weighted by Crippen LogP contribution is 2.33. The number of carbonyl (C=O) groups excluding carboxylic acids is 1. The standard InChI is InChI=1S/C23H24N2O4S/c1-23(2,3)17-7-10-19(11-8-17)30(27,28)24-18-9-6-16-12-13-25(20(16)15-18)22(26)21-5-4-14-29-21/h4-11,14-15,24H,12-13H2,1-3H3. The fourth-order valence-electron chi connectivity index (χ4n) is 3.54. The van der Waals surface area contributed by atoms with Crippen molar-refractivity contribution < 1.29 is 17.6 Å². The molecule has 0 atom stereocenters. The highest BCUT2D eigenvalue weighted by atomic mass is 32.2. The van der Waals surface area contributed by atoms with Crippen molar-refractivity contribution in [2.45, 2.75) is 37.5 Å². The van der Waals surface area contributed by atoms with Gasteiger partial charge in [0.2, 0.25) is 0 Å². The first kappa shape index (κ1) is 20.2. The van der Waals surface area contributed by atoms with Gasteiger partial charge in [-0.25, -0.2) is 8.42 Å². The van der Waals surface area contributed by atoms with Gasteiger partial charge >= 0.3 is 0 Å². The number of rotatable bonds is 4. The van der Waals surface area contributed by atoms with Gasteiger partial charge in [-0.05, 0) is 59.4 Å². The summed E-state index contributed by atoms with van der Waals surface area (Å²) in [4.78, 5) is 14.5. The Morgan fingerprint density at radius 3 is 2.43 bits per heavy atom. The lowest BCUT2D eigenvalue weighted by Crippen LogP contribution is -2.28. The van der Waals surface area contributed by atoms with E-state index >= 15 is 0 Å². The molecule has 4 rings (SSSR count). The second-order valence-corrected chi connectivity index (χ2v) is 10.1. The lowest BCUT2D eigenvalue weighted by atomic mass is 9.87. The molecule has 7 heteroatoms. The molecule has 0 saturated heterocycles. The molecule has 0 aliphatic carbocycles. The van der Waals surface area contributed by atoms with Crippen LogP contribution in [0.2, 0.25) is 0 Å². The van der Waals surface area contributed by atoms with Crippen molar-refractivity contribution in [1.29, 1.82) is 0 Å². The van der Waals surface area contributed by atoms with Gasteiger partial charge in [-0.2, -0.15) is 0 Å². The number of hydrogen-bond acceptors (Lipinski definition) is 4. The van der Waals surface area contributed by atoms with Crippen LogP contribution in [0.25, 0.3) is 0 Å². The Kier molecular flexibility index (Phi) is 4.94. The molecule has 0 fully saturated rings. The van der Waals surface area contributed by atoms with E-state index in [0.717, 1.165) is 11.1 Å². The number of carbonyl (C=O) groups is 1. The molecule has 0 radical (unpaired) electrons. The van der Waals surface area contributed by atoms with Crippen LogP contribution in [0.3, 0.4) is 0 Å². The van der Waals surface area contributed by atoms with E-state index in [-0.39, 0.29) is 22.0 Å². The molecule has 1 aliphatic rings. The molecule has 1 aliphatic heterocycles. The van der Waals surface area contributed by atoms with E-state index in [1.807, 2.05) is 18.2 Å². The minimum Gasteiger partial charge on any atom is -0.459 e. The first-order valence-electron chi connectivity index (χ1n) is 9.77. The maximum Gasteiger partial charge on any atom is 0.293 e. The number of nitrogens with one attached hydrogen (secondary N) is 1. The van der Waals surface area contributed by atoms with Crippen LogP contribution in [0.15, 0.2) is 70.2 Å². The van der Waals surface area contributed by atoms with Gasteiger partial charge in [-0.3, -0.25) is 9.52 Å². The molecule has 1 aromatic heterocycles. The van der Waals surface area contributed by atoms with Gasteiger partial charge in [0.25, 0.3) is 15.9 Å². The predicted octanol–water partition coefficient (Wildman–Crippen LogP) is 4.58. The fraction of sp³-hybridized carbons (Fsp3) is 0.261. The van der Waals surface area contributed by atoms with Crippen molar-refractivity contribution in [3.8, 4) is 0 Å². The van der Waals surface area contributed by atoms with Crippen molar-refractivity contribution in [3.05, 3.63) is 77.7 Å². The molecule has 30 heavy (non-hydrogen) atoms. The smallest absolute Gasteiger partial charge is 0.293 e. The molecule has 2 aromatic carbocycles. The van der Waals surface area contributed by atoms with Gasteiger partial charge in [0.05, 0.1) is 16.8 Å². The predicted molar refractivity (Wildman–Crippen MR) is 116 cm³/mol. The summed E-state index contributed by atoms with van der Waals surface area (Å²) >= 11 is 0. The summed E-state index contributed by atoms with van der Waals surface area (Å²) in [7, 11) is -3.75.